The Labute approximate surface area is 158 Å². The minimum absolute atomic E-state index is 0.278. The quantitative estimate of drug-likeness (QED) is 0.629. The molecule has 2 aromatic heterocycles. The number of imide groups is 1. The molecule has 2 N–H and O–H groups in total. The van der Waals surface area contributed by atoms with E-state index >= 15 is 0 Å². The van der Waals surface area contributed by atoms with Gasteiger partial charge in [-0.05, 0) is 23.9 Å². The summed E-state index contributed by atoms with van der Waals surface area (Å²) in [6, 6.07) is 12.7. The maximum atomic E-state index is 12.1. The zero-order valence-electron chi connectivity index (χ0n) is 13.8. The number of amides is 3. The molecule has 3 rings (SSSR count). The fourth-order valence-electron chi connectivity index (χ4n) is 2.00. The van der Waals surface area contributed by atoms with Crippen LogP contribution in [-0.4, -0.2) is 27.4 Å². The molecular weight excluding hydrogens is 372 g/mol. The molecule has 1 atom stereocenters. The molecule has 0 spiro atoms. The van der Waals surface area contributed by atoms with Gasteiger partial charge in [-0.1, -0.05) is 48.2 Å². The molecule has 9 heteroatoms. The second-order valence-corrected chi connectivity index (χ2v) is 7.51. The van der Waals surface area contributed by atoms with Crippen LogP contribution in [0, 0.1) is 0 Å². The highest BCUT2D eigenvalue weighted by molar-refractivity contribution is 8.00. The number of thioether (sulfide) groups is 1. The fraction of sp³-hybridized carbons (Fsp3) is 0.176. The first-order valence-corrected chi connectivity index (χ1v) is 9.54. The molecule has 0 saturated carbocycles. The van der Waals surface area contributed by atoms with Crippen LogP contribution in [0.1, 0.15) is 12.5 Å². The third-order valence-corrected chi connectivity index (χ3v) is 5.11. The summed E-state index contributed by atoms with van der Waals surface area (Å²) in [5.41, 5.74) is 0.949. The number of nitrogens with zero attached hydrogens (tertiary/aromatic N) is 2. The summed E-state index contributed by atoms with van der Waals surface area (Å²) in [6.45, 7) is 2.01. The summed E-state index contributed by atoms with van der Waals surface area (Å²) in [5, 5.41) is 14.5. The third kappa shape index (κ3) is 4.93. The van der Waals surface area contributed by atoms with E-state index in [0.29, 0.717) is 12.4 Å². The van der Waals surface area contributed by atoms with Crippen LogP contribution in [0.5, 0.6) is 0 Å². The van der Waals surface area contributed by atoms with E-state index in [9.17, 15) is 9.59 Å². The number of carbonyl (C=O) groups excluding carboxylic acids is 2. The highest BCUT2D eigenvalue weighted by atomic mass is 32.2. The molecule has 0 aliphatic heterocycles. The summed E-state index contributed by atoms with van der Waals surface area (Å²) in [6.07, 6.45) is 0. The van der Waals surface area contributed by atoms with E-state index in [1.807, 2.05) is 47.8 Å². The summed E-state index contributed by atoms with van der Waals surface area (Å²) in [4.78, 5) is 24.8. The Kier molecular flexibility index (Phi) is 6.03. The highest BCUT2D eigenvalue weighted by Gasteiger charge is 2.20. The van der Waals surface area contributed by atoms with Gasteiger partial charge in [0.05, 0.1) is 10.1 Å². The number of thiophene rings is 1. The topological polar surface area (TPSA) is 97.1 Å². The Bertz CT molecular complexity index is 865. The maximum absolute atomic E-state index is 12.1. The van der Waals surface area contributed by atoms with E-state index in [4.69, 9.17) is 4.42 Å². The number of nitrogens with one attached hydrogen (secondary N) is 2. The van der Waals surface area contributed by atoms with Crippen molar-refractivity contribution in [2.75, 3.05) is 0 Å². The Hall–Kier alpha value is -2.65. The number of rotatable bonds is 6. The third-order valence-electron chi connectivity index (χ3n) is 3.32. The zero-order valence-corrected chi connectivity index (χ0v) is 15.5. The maximum Gasteiger partial charge on any atom is 0.321 e. The fourth-order valence-corrected chi connectivity index (χ4v) is 3.33. The highest BCUT2D eigenvalue weighted by Crippen LogP contribution is 2.28. The predicted octanol–water partition coefficient (Wildman–Crippen LogP) is 3.30. The minimum atomic E-state index is -0.561. The molecule has 0 saturated heterocycles. The molecule has 3 amide bonds. The van der Waals surface area contributed by atoms with Gasteiger partial charge in [0.1, 0.15) is 0 Å². The average molecular weight is 388 g/mol. The number of urea groups is 1. The van der Waals surface area contributed by atoms with Gasteiger partial charge < -0.3 is 9.73 Å². The van der Waals surface area contributed by atoms with E-state index in [1.54, 1.807) is 6.92 Å². The number of benzene rings is 1. The van der Waals surface area contributed by atoms with Gasteiger partial charge in [0, 0.05) is 6.54 Å². The molecule has 0 bridgehead atoms. The van der Waals surface area contributed by atoms with Gasteiger partial charge in [-0.15, -0.1) is 21.5 Å². The van der Waals surface area contributed by atoms with Crippen LogP contribution in [0.25, 0.3) is 10.8 Å². The number of aromatic nitrogens is 2. The van der Waals surface area contributed by atoms with Crippen LogP contribution in [0.15, 0.2) is 57.5 Å². The number of hydrogen-bond acceptors (Lipinski definition) is 7. The molecule has 0 fully saturated rings. The van der Waals surface area contributed by atoms with Crippen molar-refractivity contribution in [3.8, 4) is 10.8 Å². The first-order chi connectivity index (χ1) is 12.6. The van der Waals surface area contributed by atoms with E-state index in [2.05, 4.69) is 20.8 Å². The van der Waals surface area contributed by atoms with Gasteiger partial charge in [-0.3, -0.25) is 10.1 Å². The lowest BCUT2D eigenvalue weighted by atomic mass is 10.2. The van der Waals surface area contributed by atoms with Gasteiger partial charge >= 0.3 is 6.03 Å². The van der Waals surface area contributed by atoms with Crippen LogP contribution >= 0.6 is 23.1 Å². The van der Waals surface area contributed by atoms with Crippen molar-refractivity contribution in [2.45, 2.75) is 23.9 Å². The van der Waals surface area contributed by atoms with E-state index < -0.39 is 17.2 Å². The first-order valence-electron chi connectivity index (χ1n) is 7.78. The number of hydrogen-bond donors (Lipinski definition) is 2. The van der Waals surface area contributed by atoms with Crippen LogP contribution in [0.2, 0.25) is 0 Å². The summed E-state index contributed by atoms with van der Waals surface area (Å²) in [5.74, 6) is -0.0212. The molecule has 1 aromatic carbocycles. The Morgan fingerprint density at radius 1 is 1.19 bits per heavy atom. The van der Waals surface area contributed by atoms with Gasteiger partial charge in [0.15, 0.2) is 0 Å². The van der Waals surface area contributed by atoms with Crippen LogP contribution < -0.4 is 10.6 Å². The summed E-state index contributed by atoms with van der Waals surface area (Å²) < 4.78 is 5.53. The van der Waals surface area contributed by atoms with Gasteiger partial charge in [0.25, 0.3) is 11.1 Å². The lowest BCUT2D eigenvalue weighted by Crippen LogP contribution is -2.42. The monoisotopic (exact) mass is 388 g/mol. The second kappa shape index (κ2) is 8.63. The van der Waals surface area contributed by atoms with Crippen molar-refractivity contribution < 1.29 is 14.0 Å². The molecule has 0 unspecified atom stereocenters. The van der Waals surface area contributed by atoms with Crippen molar-refractivity contribution in [1.29, 1.82) is 0 Å². The summed E-state index contributed by atoms with van der Waals surface area (Å²) >= 11 is 2.59. The van der Waals surface area contributed by atoms with E-state index in [-0.39, 0.29) is 5.22 Å². The predicted molar refractivity (Wildman–Crippen MR) is 99.8 cm³/mol. The second-order valence-electron chi connectivity index (χ2n) is 5.27. The molecular formula is C17H16N4O3S2. The average Bonchev–Trinajstić information content (AvgIpc) is 3.32. The summed E-state index contributed by atoms with van der Waals surface area (Å²) in [7, 11) is 0. The molecule has 0 radical (unpaired) electrons. The molecule has 2 heterocycles. The Morgan fingerprint density at radius 2 is 2.00 bits per heavy atom. The molecule has 0 aliphatic carbocycles. The van der Waals surface area contributed by atoms with E-state index in [1.165, 1.54) is 11.3 Å². The molecule has 26 heavy (non-hydrogen) atoms. The van der Waals surface area contributed by atoms with Gasteiger partial charge in [-0.2, -0.15) is 0 Å². The van der Waals surface area contributed by atoms with Crippen molar-refractivity contribution in [2.24, 2.45) is 0 Å². The zero-order chi connectivity index (χ0) is 18.4. The SMILES string of the molecule is C[C@H](Sc1nnc(-c2cccs2)o1)C(=O)NC(=O)NCc1ccccc1. The van der Waals surface area contributed by atoms with Crippen LogP contribution in [0.4, 0.5) is 4.79 Å². The first kappa shape index (κ1) is 18.2. The molecule has 3 aromatic rings. The Balaban J connectivity index is 1.47. The standard InChI is InChI=1S/C17H16N4O3S2/c1-11(26-17-21-20-15(24-17)13-8-5-9-25-13)14(22)19-16(23)18-10-12-6-3-2-4-7-12/h2-9,11H,10H2,1H3,(H2,18,19,22,23)/t11-/m0/s1. The van der Waals surface area contributed by atoms with Crippen LogP contribution in [-0.2, 0) is 11.3 Å². The van der Waals surface area contributed by atoms with Gasteiger partial charge in [0.2, 0.25) is 5.91 Å². The smallest absolute Gasteiger partial charge is 0.321 e. The van der Waals surface area contributed by atoms with E-state index in [0.717, 1.165) is 22.2 Å². The van der Waals surface area contributed by atoms with Crippen molar-refractivity contribution in [3.05, 3.63) is 53.4 Å². The minimum Gasteiger partial charge on any atom is -0.410 e. The van der Waals surface area contributed by atoms with Crippen molar-refractivity contribution in [1.82, 2.24) is 20.8 Å². The lowest BCUT2D eigenvalue weighted by molar-refractivity contribution is -0.119. The normalized spacial score (nSPS) is 11.7. The largest absolute Gasteiger partial charge is 0.410 e. The molecule has 134 valence electrons. The molecule has 0 aliphatic rings. The van der Waals surface area contributed by atoms with Crippen LogP contribution in [0.3, 0.4) is 0 Å². The van der Waals surface area contributed by atoms with Gasteiger partial charge in [-0.25, -0.2) is 4.79 Å². The lowest BCUT2D eigenvalue weighted by Gasteiger charge is -2.10. The number of carbonyl (C=O) groups is 2. The molecule has 7 nitrogen and oxygen atoms in total. The Morgan fingerprint density at radius 3 is 2.73 bits per heavy atom. The van der Waals surface area contributed by atoms with Crippen molar-refractivity contribution in [3.63, 3.8) is 0 Å². The van der Waals surface area contributed by atoms with Crippen molar-refractivity contribution >= 4 is 35.0 Å².